The summed E-state index contributed by atoms with van der Waals surface area (Å²) < 4.78 is 21.8. The minimum atomic E-state index is -3.25. The van der Waals surface area contributed by atoms with Crippen molar-refractivity contribution in [1.82, 2.24) is 10.2 Å². The van der Waals surface area contributed by atoms with E-state index < -0.39 is 42.6 Å². The Balaban J connectivity index is 0. The number of methoxy groups -OCH3 is 2. The molecule has 0 saturated heterocycles. The van der Waals surface area contributed by atoms with Gasteiger partial charge in [0.05, 0.1) is 14.2 Å². The van der Waals surface area contributed by atoms with E-state index in [9.17, 15) is 23.7 Å². The summed E-state index contributed by atoms with van der Waals surface area (Å²) in [6, 6.07) is -1.57. The maximum Gasteiger partial charge on any atom is 0.328 e. The molecule has 12 nitrogen and oxygen atoms in total. The summed E-state index contributed by atoms with van der Waals surface area (Å²) in [5.41, 5.74) is 5.39. The van der Waals surface area contributed by atoms with E-state index in [0.29, 0.717) is 24.4 Å². The topological polar surface area (TPSA) is 194 Å². The molecule has 0 aliphatic rings. The van der Waals surface area contributed by atoms with Crippen molar-refractivity contribution >= 4 is 41.9 Å². The maximum atomic E-state index is 12.7. The molecule has 0 aliphatic carbocycles. The van der Waals surface area contributed by atoms with Gasteiger partial charge in [0.25, 0.3) is 6.65 Å². The van der Waals surface area contributed by atoms with E-state index in [1.807, 2.05) is 0 Å². The number of nitrogens with one attached hydrogen (secondary N) is 2. The van der Waals surface area contributed by atoms with Crippen molar-refractivity contribution in [2.24, 2.45) is 5.73 Å². The van der Waals surface area contributed by atoms with Gasteiger partial charge in [-0.2, -0.15) is 0 Å². The molecule has 0 aromatic rings. The SMILES string of the molecule is COC(=O)[C@H](C)NP(=O)(N[C@H](C)C(=O)OC)SCCN.O=C(O)/C=C/C(=O)O. The number of esters is 2. The highest BCUT2D eigenvalue weighted by Gasteiger charge is 2.31. The van der Waals surface area contributed by atoms with Crippen molar-refractivity contribution in [2.45, 2.75) is 25.9 Å². The highest BCUT2D eigenvalue weighted by molar-refractivity contribution is 8.56. The molecule has 0 aromatic heterocycles. The van der Waals surface area contributed by atoms with Crippen LogP contribution in [-0.2, 0) is 33.2 Å². The molecule has 0 fully saturated rings. The molecule has 0 saturated carbocycles. The zero-order valence-electron chi connectivity index (χ0n) is 15.9. The van der Waals surface area contributed by atoms with Crippen molar-refractivity contribution in [2.75, 3.05) is 26.5 Å². The second-order valence-electron chi connectivity index (χ2n) is 4.93. The van der Waals surface area contributed by atoms with Crippen LogP contribution in [0.1, 0.15) is 13.8 Å². The van der Waals surface area contributed by atoms with Crippen LogP contribution in [0.15, 0.2) is 12.2 Å². The van der Waals surface area contributed by atoms with Gasteiger partial charge < -0.3 is 25.4 Å². The quantitative estimate of drug-likeness (QED) is 0.160. The van der Waals surface area contributed by atoms with Gasteiger partial charge in [0, 0.05) is 24.4 Å². The molecular weight excluding hydrogens is 417 g/mol. The minimum absolute atomic E-state index is 0.317. The highest BCUT2D eigenvalue weighted by Crippen LogP contribution is 2.51. The van der Waals surface area contributed by atoms with Crippen molar-refractivity contribution < 1.29 is 43.4 Å². The molecule has 0 bridgehead atoms. The van der Waals surface area contributed by atoms with Crippen molar-refractivity contribution in [3.8, 4) is 0 Å². The number of carbonyl (C=O) groups excluding carboxylic acids is 2. The molecule has 1 unspecified atom stereocenters. The Bertz CT molecular complexity index is 571. The monoisotopic (exact) mass is 443 g/mol. The number of nitrogens with two attached hydrogens (primary N) is 1. The second kappa shape index (κ2) is 15.1. The van der Waals surface area contributed by atoms with Gasteiger partial charge in [-0.25, -0.2) is 19.8 Å². The lowest BCUT2D eigenvalue weighted by atomic mass is 10.4. The van der Waals surface area contributed by atoms with E-state index in [2.05, 4.69) is 19.6 Å². The van der Waals surface area contributed by atoms with Gasteiger partial charge in [0.15, 0.2) is 0 Å². The first-order chi connectivity index (χ1) is 12.9. The van der Waals surface area contributed by atoms with Crippen molar-refractivity contribution in [3.05, 3.63) is 12.2 Å². The fraction of sp³-hybridized carbons (Fsp3) is 0.571. The fourth-order valence-corrected chi connectivity index (χ4v) is 5.70. The molecule has 3 atom stereocenters. The predicted octanol–water partition coefficient (Wildman–Crippen LogP) is -0.200. The van der Waals surface area contributed by atoms with Crippen molar-refractivity contribution in [3.63, 3.8) is 0 Å². The number of hydrogen-bond acceptors (Lipinski definition) is 9. The van der Waals surface area contributed by atoms with Crippen molar-refractivity contribution in [1.29, 1.82) is 0 Å². The number of rotatable bonds is 11. The lowest BCUT2D eigenvalue weighted by Crippen LogP contribution is -2.40. The van der Waals surface area contributed by atoms with Crippen LogP contribution < -0.4 is 15.9 Å². The van der Waals surface area contributed by atoms with Crippen LogP contribution in [0.3, 0.4) is 0 Å². The summed E-state index contributed by atoms with van der Waals surface area (Å²) in [5.74, 6) is -3.21. The number of hydrogen-bond donors (Lipinski definition) is 5. The Morgan fingerprint density at radius 3 is 1.61 bits per heavy atom. The zero-order chi connectivity index (χ0) is 22.3. The third kappa shape index (κ3) is 14.2. The number of carboxylic acid groups (broad SMARTS) is 2. The number of aliphatic carboxylic acids is 2. The van der Waals surface area contributed by atoms with Crippen LogP contribution in [0.2, 0.25) is 0 Å². The molecule has 0 aliphatic heterocycles. The lowest BCUT2D eigenvalue weighted by Gasteiger charge is -2.25. The van der Waals surface area contributed by atoms with Gasteiger partial charge >= 0.3 is 23.9 Å². The molecule has 0 amide bonds. The van der Waals surface area contributed by atoms with Crippen LogP contribution in [0.4, 0.5) is 0 Å². The molecule has 28 heavy (non-hydrogen) atoms. The van der Waals surface area contributed by atoms with E-state index in [-0.39, 0.29) is 0 Å². The summed E-state index contributed by atoms with van der Waals surface area (Å²) >= 11 is 1.03. The fourth-order valence-electron chi connectivity index (χ4n) is 1.40. The summed E-state index contributed by atoms with van der Waals surface area (Å²) in [4.78, 5) is 41.9. The van der Waals surface area contributed by atoms with Crippen LogP contribution >= 0.6 is 18.0 Å². The van der Waals surface area contributed by atoms with E-state index in [1.165, 1.54) is 28.1 Å². The first kappa shape index (κ1) is 28.3. The van der Waals surface area contributed by atoms with E-state index in [0.717, 1.165) is 11.4 Å². The molecule has 0 radical (unpaired) electrons. The average Bonchev–Trinajstić information content (AvgIpc) is 2.63. The Hall–Kier alpha value is -1.92. The molecule has 162 valence electrons. The highest BCUT2D eigenvalue weighted by atomic mass is 32.7. The molecular formula is C14H26N3O9PS. The molecule has 0 heterocycles. The molecule has 6 N–H and O–H groups in total. The summed E-state index contributed by atoms with van der Waals surface area (Å²) in [5, 5.41) is 20.9. The smallest absolute Gasteiger partial charge is 0.328 e. The second-order valence-corrected chi connectivity index (χ2v) is 9.53. The largest absolute Gasteiger partial charge is 0.478 e. The minimum Gasteiger partial charge on any atom is -0.478 e. The number of carboxylic acids is 2. The van der Waals surface area contributed by atoms with Gasteiger partial charge in [-0.15, -0.1) is 0 Å². The van der Waals surface area contributed by atoms with E-state index >= 15 is 0 Å². The van der Waals surface area contributed by atoms with Gasteiger partial charge in [-0.1, -0.05) is 11.4 Å². The summed E-state index contributed by atoms with van der Waals surface area (Å²) in [6.07, 6.45) is 1.12. The average molecular weight is 443 g/mol. The third-order valence-electron chi connectivity index (χ3n) is 2.60. The lowest BCUT2D eigenvalue weighted by molar-refractivity contribution is -0.142. The normalized spacial score (nSPS) is 14.8. The van der Waals surface area contributed by atoms with Gasteiger partial charge in [-0.05, 0) is 13.8 Å². The molecule has 0 spiro atoms. The van der Waals surface area contributed by atoms with E-state index in [1.54, 1.807) is 0 Å². The van der Waals surface area contributed by atoms with Crippen LogP contribution in [0.5, 0.6) is 0 Å². The maximum absolute atomic E-state index is 12.7. The number of ether oxygens (including phenoxy) is 2. The molecule has 14 heteroatoms. The number of carbonyl (C=O) groups is 4. The summed E-state index contributed by atoms with van der Waals surface area (Å²) in [7, 11) is 2.48. The Labute approximate surface area is 166 Å². The van der Waals surface area contributed by atoms with Gasteiger partial charge in [-0.3, -0.25) is 14.2 Å². The van der Waals surface area contributed by atoms with Crippen LogP contribution in [0.25, 0.3) is 0 Å². The van der Waals surface area contributed by atoms with E-state index in [4.69, 9.17) is 15.9 Å². The third-order valence-corrected chi connectivity index (χ3v) is 7.10. The van der Waals surface area contributed by atoms with Crippen LogP contribution in [0, 0.1) is 0 Å². The first-order valence-corrected chi connectivity index (χ1v) is 11.0. The Kier molecular flexibility index (Phi) is 15.2. The molecule has 0 rings (SSSR count). The first-order valence-electron chi connectivity index (χ1n) is 7.72. The van der Waals surface area contributed by atoms with Crippen LogP contribution in [-0.4, -0.2) is 72.7 Å². The summed E-state index contributed by atoms with van der Waals surface area (Å²) in [6.45, 7) is 0.109. The standard InChI is InChI=1S/C10H22N3O5PS.C4H4O4/c1-7(9(14)17-3)12-19(16,20-6-5-11)13-8(2)10(15)18-4;5-3(6)1-2-4(7)8/h7-8H,5-6,11H2,1-4H3,(H2,12,13,16);1-2H,(H,5,6)(H,7,8)/b;2-1+/t7-,8+,19?;. The zero-order valence-corrected chi connectivity index (χ0v) is 17.6. The Morgan fingerprint density at radius 1 is 1.00 bits per heavy atom. The van der Waals surface area contributed by atoms with Gasteiger partial charge in [0.2, 0.25) is 0 Å². The van der Waals surface area contributed by atoms with Gasteiger partial charge in [0.1, 0.15) is 12.1 Å². The Morgan fingerprint density at radius 2 is 1.36 bits per heavy atom. The predicted molar refractivity (Wildman–Crippen MR) is 103 cm³/mol. The molecule has 0 aromatic carbocycles.